The van der Waals surface area contributed by atoms with Gasteiger partial charge in [-0.3, -0.25) is 9.13 Å². The molecule has 0 spiro atoms. The Labute approximate surface area is 343 Å². The minimum absolute atomic E-state index is 0.0565. The predicted octanol–water partition coefficient (Wildman–Crippen LogP) is 8.69. The standard InChI is InChI=1S/C26H28N4O2S2.C18H20N4S/c1-18-25-28-27-20(3)30(25)26-24(23(19(2)33-26)16-22-12-8-5-9-13-22)17-29(18)34(31,32)15-14-21-10-6-4-7-11-21;1-11-17-21-20-13(3)22(17)18-16(10-19-11)15(12(2)23-18)9-14-7-5-4-6-8-14/h4-13,18H,14-17H2,1-3H3;4-8,11,19H,9-10H2,1-3H3/t18-;11-/m00/s1. The second-order valence-electron chi connectivity index (χ2n) is 14.9. The highest BCUT2D eigenvalue weighted by atomic mass is 32.2. The van der Waals surface area contributed by atoms with E-state index in [9.17, 15) is 8.42 Å². The van der Waals surface area contributed by atoms with Gasteiger partial charge in [0.25, 0.3) is 0 Å². The van der Waals surface area contributed by atoms with Crippen LogP contribution >= 0.6 is 22.7 Å². The summed E-state index contributed by atoms with van der Waals surface area (Å²) >= 11 is 3.55. The third kappa shape index (κ3) is 7.79. The Balaban J connectivity index is 0.000000172. The van der Waals surface area contributed by atoms with Crippen LogP contribution in [0.15, 0.2) is 91.0 Å². The van der Waals surface area contributed by atoms with Gasteiger partial charge in [0.1, 0.15) is 21.7 Å². The van der Waals surface area contributed by atoms with E-state index >= 15 is 0 Å². The molecule has 6 heterocycles. The summed E-state index contributed by atoms with van der Waals surface area (Å²) in [7, 11) is -3.55. The van der Waals surface area contributed by atoms with Crippen LogP contribution < -0.4 is 5.32 Å². The second kappa shape index (κ2) is 16.2. The number of hydrogen-bond acceptors (Lipinski definition) is 9. The average Bonchev–Trinajstić information content (AvgIpc) is 3.91. The van der Waals surface area contributed by atoms with Crippen molar-refractivity contribution in [2.75, 3.05) is 5.75 Å². The molecule has 0 saturated carbocycles. The van der Waals surface area contributed by atoms with E-state index in [-0.39, 0.29) is 11.8 Å². The van der Waals surface area contributed by atoms with Crippen molar-refractivity contribution in [2.45, 2.75) is 86.0 Å². The molecular weight excluding hydrogens is 769 g/mol. The molecule has 3 aromatic carbocycles. The number of aromatic nitrogens is 6. The number of fused-ring (bicyclic) bond motifs is 6. The first-order valence-corrected chi connectivity index (χ1v) is 22.7. The van der Waals surface area contributed by atoms with Gasteiger partial charge in [-0.15, -0.1) is 43.1 Å². The van der Waals surface area contributed by atoms with Gasteiger partial charge < -0.3 is 5.32 Å². The van der Waals surface area contributed by atoms with Crippen LogP contribution in [-0.2, 0) is 42.4 Å². The minimum Gasteiger partial charge on any atom is -0.303 e. The van der Waals surface area contributed by atoms with E-state index in [0.29, 0.717) is 18.8 Å². The number of sulfonamides is 1. The Morgan fingerprint density at radius 2 is 1.12 bits per heavy atom. The molecule has 1 N–H and O–H groups in total. The molecule has 4 aromatic heterocycles. The van der Waals surface area contributed by atoms with E-state index in [1.54, 1.807) is 15.6 Å². The van der Waals surface area contributed by atoms with Crippen LogP contribution in [0.25, 0.3) is 10.0 Å². The Morgan fingerprint density at radius 3 is 1.68 bits per heavy atom. The highest BCUT2D eigenvalue weighted by molar-refractivity contribution is 7.89. The molecule has 0 radical (unpaired) electrons. The molecule has 2 atom stereocenters. The number of aryl methyl sites for hydroxylation is 5. The van der Waals surface area contributed by atoms with Gasteiger partial charge >= 0.3 is 0 Å². The summed E-state index contributed by atoms with van der Waals surface area (Å²) < 4.78 is 33.3. The van der Waals surface area contributed by atoms with Crippen molar-refractivity contribution >= 4 is 32.7 Å². The SMILES string of the molecule is Cc1sc2c(c1Cc1ccccc1)CN(S(=O)(=O)CCc1ccccc1)[C@@H](C)c1nnc(C)n1-2.Cc1sc2c(c1Cc1ccccc1)CN[C@@H](C)c1nnc(C)n1-2. The van der Waals surface area contributed by atoms with E-state index < -0.39 is 16.1 Å². The fourth-order valence-corrected chi connectivity index (χ4v) is 12.0. The van der Waals surface area contributed by atoms with Crippen LogP contribution in [0.3, 0.4) is 0 Å². The molecule has 9 rings (SSSR count). The zero-order valence-corrected chi connectivity index (χ0v) is 35.7. The monoisotopic (exact) mass is 816 g/mol. The largest absolute Gasteiger partial charge is 0.303 e. The summed E-state index contributed by atoms with van der Waals surface area (Å²) in [5.41, 5.74) is 8.67. The molecule has 2 aliphatic heterocycles. The zero-order valence-electron chi connectivity index (χ0n) is 33.2. The van der Waals surface area contributed by atoms with Crippen LogP contribution in [0.4, 0.5) is 0 Å². The number of nitrogens with one attached hydrogen (secondary N) is 1. The minimum atomic E-state index is -3.55. The maximum absolute atomic E-state index is 13.7. The fourth-order valence-electron chi connectivity index (χ4n) is 7.91. The van der Waals surface area contributed by atoms with Crippen LogP contribution in [0, 0.1) is 27.7 Å². The molecule has 0 bridgehead atoms. The molecular formula is C44H48N8O2S3. The molecule has 0 fully saturated rings. The van der Waals surface area contributed by atoms with E-state index in [1.807, 2.05) is 80.6 Å². The molecule has 0 saturated heterocycles. The van der Waals surface area contributed by atoms with E-state index in [1.165, 1.54) is 42.6 Å². The first kappa shape index (κ1) is 39.1. The number of rotatable bonds is 8. The van der Waals surface area contributed by atoms with Crippen LogP contribution in [0.1, 0.15) is 97.9 Å². The van der Waals surface area contributed by atoms with Gasteiger partial charge in [-0.05, 0) is 88.6 Å². The quantitative estimate of drug-likeness (QED) is 0.164. The Hall–Kier alpha value is -4.79. The zero-order chi connectivity index (χ0) is 39.8. The van der Waals surface area contributed by atoms with Gasteiger partial charge in [0.2, 0.25) is 10.0 Å². The summed E-state index contributed by atoms with van der Waals surface area (Å²) in [5, 5.41) is 23.3. The second-order valence-corrected chi connectivity index (χ2v) is 19.4. The van der Waals surface area contributed by atoms with Crippen molar-refractivity contribution in [3.63, 3.8) is 0 Å². The third-order valence-electron chi connectivity index (χ3n) is 11.1. The van der Waals surface area contributed by atoms with Crippen LogP contribution in [-0.4, -0.2) is 48.0 Å². The molecule has 57 heavy (non-hydrogen) atoms. The lowest BCUT2D eigenvalue weighted by atomic mass is 10.0. The van der Waals surface area contributed by atoms with E-state index in [0.717, 1.165) is 53.0 Å². The smallest absolute Gasteiger partial charge is 0.215 e. The van der Waals surface area contributed by atoms with Gasteiger partial charge in [-0.25, -0.2) is 8.42 Å². The van der Waals surface area contributed by atoms with E-state index in [4.69, 9.17) is 0 Å². The number of hydrogen-bond donors (Lipinski definition) is 1. The maximum Gasteiger partial charge on any atom is 0.215 e. The Bertz CT molecular complexity index is 2610. The summed E-state index contributed by atoms with van der Waals surface area (Å²) in [6.07, 6.45) is 2.22. The molecule has 0 amide bonds. The molecule has 10 nitrogen and oxygen atoms in total. The molecule has 7 aromatic rings. The van der Waals surface area contributed by atoms with Crippen molar-refractivity contribution < 1.29 is 8.42 Å². The van der Waals surface area contributed by atoms with Crippen molar-refractivity contribution in [1.82, 2.24) is 39.2 Å². The Morgan fingerprint density at radius 1 is 0.649 bits per heavy atom. The number of nitrogens with zero attached hydrogens (tertiary/aromatic N) is 7. The predicted molar refractivity (Wildman–Crippen MR) is 229 cm³/mol. The van der Waals surface area contributed by atoms with Crippen molar-refractivity contribution in [3.05, 3.63) is 163 Å². The molecule has 0 aliphatic carbocycles. The number of benzene rings is 3. The lowest BCUT2D eigenvalue weighted by molar-refractivity contribution is 0.328. The van der Waals surface area contributed by atoms with Gasteiger partial charge in [0.15, 0.2) is 11.6 Å². The van der Waals surface area contributed by atoms with Gasteiger partial charge in [0.05, 0.1) is 17.8 Å². The first-order valence-electron chi connectivity index (χ1n) is 19.4. The average molecular weight is 817 g/mol. The molecule has 0 unspecified atom stereocenters. The molecule has 13 heteroatoms. The van der Waals surface area contributed by atoms with Crippen LogP contribution in [0.5, 0.6) is 0 Å². The van der Waals surface area contributed by atoms with Crippen molar-refractivity contribution in [1.29, 1.82) is 0 Å². The molecule has 294 valence electrons. The van der Waals surface area contributed by atoms with Gasteiger partial charge in [-0.2, -0.15) is 4.31 Å². The highest BCUT2D eigenvalue weighted by Crippen LogP contribution is 2.41. The summed E-state index contributed by atoms with van der Waals surface area (Å²) in [6.45, 7) is 13.6. The summed E-state index contributed by atoms with van der Waals surface area (Å²) in [6, 6.07) is 30.6. The Kier molecular flexibility index (Phi) is 11.1. The molecule has 2 aliphatic rings. The normalized spacial score (nSPS) is 16.4. The summed E-state index contributed by atoms with van der Waals surface area (Å²) in [5.74, 6) is 3.48. The van der Waals surface area contributed by atoms with E-state index in [2.05, 4.69) is 98.1 Å². The van der Waals surface area contributed by atoms with Gasteiger partial charge in [-0.1, -0.05) is 91.0 Å². The summed E-state index contributed by atoms with van der Waals surface area (Å²) in [4.78, 5) is 2.58. The topological polar surface area (TPSA) is 111 Å². The lowest BCUT2D eigenvalue weighted by Gasteiger charge is -2.26. The van der Waals surface area contributed by atoms with Crippen LogP contribution in [0.2, 0.25) is 0 Å². The third-order valence-corrected chi connectivity index (χ3v) is 15.3. The van der Waals surface area contributed by atoms with Crippen molar-refractivity contribution in [2.24, 2.45) is 0 Å². The maximum atomic E-state index is 13.7. The highest BCUT2D eigenvalue weighted by Gasteiger charge is 2.38. The first-order chi connectivity index (χ1) is 27.5. The number of thiophene rings is 2. The van der Waals surface area contributed by atoms with Gasteiger partial charge in [0, 0.05) is 34.0 Å². The lowest BCUT2D eigenvalue weighted by Crippen LogP contribution is -2.35. The van der Waals surface area contributed by atoms with Crippen molar-refractivity contribution in [3.8, 4) is 10.0 Å². The fraction of sp³-hybridized carbons (Fsp3) is 0.318.